The Morgan fingerprint density at radius 2 is 1.03 bits per heavy atom. The summed E-state index contributed by atoms with van der Waals surface area (Å²) in [7, 11) is 0. The Morgan fingerprint density at radius 1 is 0.556 bits per heavy atom. The molecule has 0 bridgehead atoms. The van der Waals surface area contributed by atoms with E-state index < -0.39 is 0 Å². The van der Waals surface area contributed by atoms with Gasteiger partial charge < -0.3 is 0 Å². The van der Waals surface area contributed by atoms with Crippen molar-refractivity contribution in [3.63, 3.8) is 0 Å². The average molecular weight is 473 g/mol. The molecular formula is C33H32N2O. The number of fused-ring (bicyclic) bond motifs is 2. The van der Waals surface area contributed by atoms with Crippen molar-refractivity contribution < 1.29 is 4.79 Å². The number of carbonyl (C=O) groups is 1. The van der Waals surface area contributed by atoms with Crippen molar-refractivity contribution in [2.75, 3.05) is 13.1 Å². The summed E-state index contributed by atoms with van der Waals surface area (Å²) in [5.74, 6) is 0.211. The molecule has 2 unspecified atom stereocenters. The molecule has 2 heterocycles. The van der Waals surface area contributed by atoms with Crippen molar-refractivity contribution in [3.05, 3.63) is 143 Å². The molecule has 6 rings (SSSR count). The first-order valence-corrected chi connectivity index (χ1v) is 13.0. The minimum Gasteiger partial charge on any atom is -0.292 e. The fourth-order valence-electron chi connectivity index (χ4n) is 6.04. The molecule has 2 atom stereocenters. The second-order valence-corrected chi connectivity index (χ2v) is 10.0. The van der Waals surface area contributed by atoms with Gasteiger partial charge in [-0.3, -0.25) is 14.6 Å². The van der Waals surface area contributed by atoms with E-state index in [4.69, 9.17) is 0 Å². The van der Waals surface area contributed by atoms with Gasteiger partial charge in [-0.2, -0.15) is 0 Å². The number of nitrogens with zero attached hydrogens (tertiary/aromatic N) is 2. The van der Waals surface area contributed by atoms with E-state index in [0.717, 1.165) is 44.6 Å². The molecule has 4 aromatic carbocycles. The van der Waals surface area contributed by atoms with Crippen LogP contribution in [0.5, 0.6) is 0 Å². The van der Waals surface area contributed by atoms with E-state index >= 15 is 0 Å². The van der Waals surface area contributed by atoms with E-state index in [1.165, 1.54) is 27.8 Å². The Labute approximate surface area is 214 Å². The Morgan fingerprint density at radius 3 is 1.64 bits per heavy atom. The third-order valence-electron chi connectivity index (χ3n) is 7.87. The van der Waals surface area contributed by atoms with E-state index in [1.54, 1.807) is 0 Å². The summed E-state index contributed by atoms with van der Waals surface area (Å²) in [6, 6.07) is 37.7. The highest BCUT2D eigenvalue weighted by atomic mass is 16.1. The Bertz CT molecular complexity index is 1330. The molecule has 0 saturated heterocycles. The van der Waals surface area contributed by atoms with Gasteiger partial charge in [0.25, 0.3) is 0 Å². The first-order chi connectivity index (χ1) is 17.8. The summed E-state index contributed by atoms with van der Waals surface area (Å²) in [6.45, 7) is 3.49. The maximum Gasteiger partial charge on any atom is 0.181 e. The number of rotatable bonds is 6. The van der Waals surface area contributed by atoms with Crippen LogP contribution in [-0.2, 0) is 25.9 Å². The van der Waals surface area contributed by atoms with E-state index in [-0.39, 0.29) is 17.9 Å². The first kappa shape index (κ1) is 22.9. The van der Waals surface area contributed by atoms with Crippen LogP contribution in [0.3, 0.4) is 0 Å². The molecule has 0 saturated carbocycles. The molecule has 0 fully saturated rings. The van der Waals surface area contributed by atoms with Gasteiger partial charge >= 0.3 is 0 Å². The highest BCUT2D eigenvalue weighted by Crippen LogP contribution is 2.36. The van der Waals surface area contributed by atoms with Gasteiger partial charge in [-0.25, -0.2) is 0 Å². The second-order valence-electron chi connectivity index (χ2n) is 10.0. The summed E-state index contributed by atoms with van der Waals surface area (Å²) in [5.41, 5.74) is 7.55. The van der Waals surface area contributed by atoms with Gasteiger partial charge in [0, 0.05) is 31.7 Å². The molecule has 0 aromatic heterocycles. The van der Waals surface area contributed by atoms with Crippen molar-refractivity contribution in [1.82, 2.24) is 9.80 Å². The number of hydrogen-bond acceptors (Lipinski definition) is 3. The highest BCUT2D eigenvalue weighted by Gasteiger charge is 2.40. The third kappa shape index (κ3) is 4.53. The van der Waals surface area contributed by atoms with E-state index in [9.17, 15) is 4.79 Å². The van der Waals surface area contributed by atoms with Crippen molar-refractivity contribution in [1.29, 1.82) is 0 Å². The smallest absolute Gasteiger partial charge is 0.181 e. The van der Waals surface area contributed by atoms with Crippen molar-refractivity contribution in [2.24, 2.45) is 0 Å². The lowest BCUT2D eigenvalue weighted by atomic mass is 9.86. The van der Waals surface area contributed by atoms with Gasteiger partial charge in [-0.15, -0.1) is 0 Å². The zero-order valence-electron chi connectivity index (χ0n) is 20.6. The van der Waals surface area contributed by atoms with Gasteiger partial charge in [-0.1, -0.05) is 109 Å². The van der Waals surface area contributed by atoms with Crippen LogP contribution < -0.4 is 0 Å². The topological polar surface area (TPSA) is 23.6 Å². The summed E-state index contributed by atoms with van der Waals surface area (Å²) in [4.78, 5) is 19.4. The highest BCUT2D eigenvalue weighted by molar-refractivity contribution is 6.00. The number of carbonyl (C=O) groups excluding carboxylic acids is 1. The van der Waals surface area contributed by atoms with E-state index in [1.807, 2.05) is 30.3 Å². The summed E-state index contributed by atoms with van der Waals surface area (Å²) >= 11 is 0. The molecule has 2 aliphatic heterocycles. The minimum atomic E-state index is -0.270. The molecule has 2 aliphatic rings. The lowest BCUT2D eigenvalue weighted by Gasteiger charge is -2.45. The van der Waals surface area contributed by atoms with Crippen LogP contribution in [0.2, 0.25) is 0 Å². The van der Waals surface area contributed by atoms with Gasteiger partial charge in [-0.05, 0) is 40.7 Å². The van der Waals surface area contributed by atoms with E-state index in [2.05, 4.69) is 88.7 Å². The van der Waals surface area contributed by atoms with Gasteiger partial charge in [0.2, 0.25) is 0 Å². The summed E-state index contributed by atoms with van der Waals surface area (Å²) < 4.78 is 0. The lowest BCUT2D eigenvalue weighted by Crippen LogP contribution is -2.53. The standard InChI is InChI=1S/C33H32N2O/c36-33(28-15-5-2-6-16-28)32(35-22-20-26-12-8-10-18-30(26)24-35)31(27-13-3-1-4-14-27)34-21-19-25-11-7-9-17-29(25)23-34/h1-18,31-32H,19-24H2. The summed E-state index contributed by atoms with van der Waals surface area (Å²) in [5, 5.41) is 0. The molecule has 0 radical (unpaired) electrons. The Hall–Kier alpha value is -3.53. The maximum absolute atomic E-state index is 14.4. The van der Waals surface area contributed by atoms with E-state index in [0.29, 0.717) is 0 Å². The van der Waals surface area contributed by atoms with Crippen LogP contribution in [0.4, 0.5) is 0 Å². The normalized spacial score (nSPS) is 17.6. The number of hydrogen-bond donors (Lipinski definition) is 0. The third-order valence-corrected chi connectivity index (χ3v) is 7.87. The molecular weight excluding hydrogens is 440 g/mol. The van der Waals surface area contributed by atoms with Crippen molar-refractivity contribution in [3.8, 4) is 0 Å². The van der Waals surface area contributed by atoms with Crippen LogP contribution in [0.25, 0.3) is 0 Å². The predicted molar refractivity (Wildman–Crippen MR) is 145 cm³/mol. The molecule has 0 aliphatic carbocycles. The Balaban J connectivity index is 1.44. The van der Waals surface area contributed by atoms with Crippen molar-refractivity contribution >= 4 is 5.78 Å². The fraction of sp³-hybridized carbons (Fsp3) is 0.242. The molecule has 0 spiro atoms. The van der Waals surface area contributed by atoms with Crippen LogP contribution in [-0.4, -0.2) is 34.7 Å². The molecule has 3 nitrogen and oxygen atoms in total. The molecule has 36 heavy (non-hydrogen) atoms. The van der Waals surface area contributed by atoms with Crippen LogP contribution in [0, 0.1) is 0 Å². The second kappa shape index (κ2) is 10.2. The monoisotopic (exact) mass is 472 g/mol. The minimum absolute atomic E-state index is 0.0301. The van der Waals surface area contributed by atoms with Crippen LogP contribution >= 0.6 is 0 Å². The SMILES string of the molecule is O=C(c1ccccc1)C(C(c1ccccc1)N1CCc2ccccc2C1)N1CCc2ccccc2C1. The summed E-state index contributed by atoms with van der Waals surface area (Å²) in [6.07, 6.45) is 1.98. The Kier molecular flexibility index (Phi) is 6.50. The molecule has 0 N–H and O–H groups in total. The molecule has 0 amide bonds. The van der Waals surface area contributed by atoms with Crippen LogP contribution in [0.1, 0.15) is 44.2 Å². The lowest BCUT2D eigenvalue weighted by molar-refractivity contribution is 0.0458. The molecule has 180 valence electrons. The zero-order chi connectivity index (χ0) is 24.3. The number of benzene rings is 4. The molecule has 4 aromatic rings. The predicted octanol–water partition coefficient (Wildman–Crippen LogP) is 6.10. The zero-order valence-corrected chi connectivity index (χ0v) is 20.6. The van der Waals surface area contributed by atoms with Crippen LogP contribution in [0.15, 0.2) is 109 Å². The quantitative estimate of drug-likeness (QED) is 0.317. The largest absolute Gasteiger partial charge is 0.292 e. The first-order valence-electron chi connectivity index (χ1n) is 13.0. The maximum atomic E-state index is 14.4. The molecule has 3 heteroatoms. The van der Waals surface area contributed by atoms with Gasteiger partial charge in [0.05, 0.1) is 12.1 Å². The van der Waals surface area contributed by atoms with Gasteiger partial charge in [0.15, 0.2) is 5.78 Å². The number of ketones is 1. The van der Waals surface area contributed by atoms with Gasteiger partial charge in [0.1, 0.15) is 0 Å². The number of Topliss-reactive ketones (excluding diaryl/α,β-unsaturated/α-hetero) is 1. The van der Waals surface area contributed by atoms with Crippen molar-refractivity contribution in [2.45, 2.75) is 38.0 Å². The fourth-order valence-corrected chi connectivity index (χ4v) is 6.04. The average Bonchev–Trinajstić information content (AvgIpc) is 2.96.